The van der Waals surface area contributed by atoms with Crippen LogP contribution in [0.25, 0.3) is 0 Å². The largest absolute Gasteiger partial charge is 0.497 e. The first-order valence-corrected chi connectivity index (χ1v) is 8.26. The van der Waals surface area contributed by atoms with Gasteiger partial charge in [0.2, 0.25) is 0 Å². The molecule has 0 unspecified atom stereocenters. The molecule has 0 saturated carbocycles. The van der Waals surface area contributed by atoms with Crippen molar-refractivity contribution in [2.45, 2.75) is 19.2 Å². The number of ether oxygens (including phenoxy) is 2. The summed E-state index contributed by atoms with van der Waals surface area (Å²) < 4.78 is 47.4. The Hall–Kier alpha value is -2.96. The van der Waals surface area contributed by atoms with Gasteiger partial charge in [-0.2, -0.15) is 13.2 Å². The molecule has 0 aliphatic carbocycles. The second-order valence-corrected chi connectivity index (χ2v) is 5.71. The summed E-state index contributed by atoms with van der Waals surface area (Å²) in [4.78, 5) is 3.91. The fraction of sp³-hybridized carbons (Fsp3) is 0.250. The van der Waals surface area contributed by atoms with Crippen LogP contribution in [0.1, 0.15) is 11.1 Å². The molecule has 0 aliphatic heterocycles. The topological polar surface area (TPSA) is 56.8 Å². The van der Waals surface area contributed by atoms with Gasteiger partial charge in [0.05, 0.1) is 7.11 Å². The van der Waals surface area contributed by atoms with Crippen molar-refractivity contribution < 1.29 is 22.6 Å². The van der Waals surface area contributed by atoms with Crippen LogP contribution in [0.5, 0.6) is 11.5 Å². The van der Waals surface area contributed by atoms with E-state index >= 15 is 0 Å². The summed E-state index contributed by atoms with van der Waals surface area (Å²) in [7, 11) is 1.62. The summed E-state index contributed by atoms with van der Waals surface area (Å²) >= 11 is 0. The van der Waals surface area contributed by atoms with Crippen molar-refractivity contribution in [3.63, 3.8) is 0 Å². The molecule has 0 heterocycles. The Morgan fingerprint density at radius 1 is 1.00 bits per heavy atom. The number of methoxy groups -OCH3 is 1. The van der Waals surface area contributed by atoms with E-state index in [0.717, 1.165) is 34.9 Å². The third-order valence-electron chi connectivity index (χ3n) is 3.70. The predicted molar refractivity (Wildman–Crippen MR) is 99.2 cm³/mol. The Morgan fingerprint density at radius 3 is 2.19 bits per heavy atom. The standard InChI is InChI=1S/C20H21F3N2O2/c1-26-17-6-4-16(5-7-17)14-27-18-8-2-15(3-9-18)10-12-25-13-11-19(24)20(21,22)23/h2-9,11,13H,10,12,14,24H2,1H3. The first-order valence-electron chi connectivity index (χ1n) is 8.26. The van der Waals surface area contributed by atoms with Crippen molar-refractivity contribution in [1.29, 1.82) is 0 Å². The maximum absolute atomic E-state index is 12.2. The molecule has 0 bridgehead atoms. The van der Waals surface area contributed by atoms with Crippen LogP contribution in [-0.2, 0) is 13.0 Å². The second-order valence-electron chi connectivity index (χ2n) is 5.71. The Bertz CT molecular complexity index is 767. The SMILES string of the molecule is COc1ccc(COc2ccc(CCN=CC=C(N)C(F)(F)F)cc2)cc1. The van der Waals surface area contributed by atoms with Crippen molar-refractivity contribution >= 4 is 6.21 Å². The molecule has 0 atom stereocenters. The summed E-state index contributed by atoms with van der Waals surface area (Å²) in [5.41, 5.74) is 5.75. The number of benzene rings is 2. The smallest absolute Gasteiger partial charge is 0.430 e. The van der Waals surface area contributed by atoms with E-state index in [1.165, 1.54) is 0 Å². The summed E-state index contributed by atoms with van der Waals surface area (Å²) in [6.07, 6.45) is -2.08. The number of rotatable bonds is 8. The van der Waals surface area contributed by atoms with Gasteiger partial charge in [-0.25, -0.2) is 0 Å². The predicted octanol–water partition coefficient (Wildman–Crippen LogP) is 4.29. The van der Waals surface area contributed by atoms with E-state index in [0.29, 0.717) is 19.6 Å². The number of aliphatic imine (C=N–C) groups is 1. The molecule has 0 aromatic heterocycles. The van der Waals surface area contributed by atoms with E-state index in [9.17, 15) is 13.2 Å². The van der Waals surface area contributed by atoms with Gasteiger partial charge < -0.3 is 15.2 Å². The highest BCUT2D eigenvalue weighted by Gasteiger charge is 2.30. The molecule has 0 spiro atoms. The number of hydrogen-bond donors (Lipinski definition) is 1. The number of halogens is 3. The summed E-state index contributed by atoms with van der Waals surface area (Å²) in [5, 5.41) is 0. The molecule has 2 aromatic carbocycles. The maximum atomic E-state index is 12.2. The molecular weight excluding hydrogens is 357 g/mol. The zero-order valence-corrected chi connectivity index (χ0v) is 14.9. The molecular formula is C20H21F3N2O2. The lowest BCUT2D eigenvalue weighted by Gasteiger charge is -2.08. The second kappa shape index (κ2) is 9.66. The average molecular weight is 378 g/mol. The van der Waals surface area contributed by atoms with E-state index in [2.05, 4.69) is 4.99 Å². The van der Waals surface area contributed by atoms with E-state index < -0.39 is 11.9 Å². The third kappa shape index (κ3) is 7.05. The quantitative estimate of drug-likeness (QED) is 0.697. The number of alkyl halides is 3. The molecule has 0 amide bonds. The van der Waals surface area contributed by atoms with Crippen molar-refractivity contribution in [1.82, 2.24) is 0 Å². The van der Waals surface area contributed by atoms with Crippen LogP contribution in [-0.4, -0.2) is 26.0 Å². The molecule has 27 heavy (non-hydrogen) atoms. The van der Waals surface area contributed by atoms with Crippen molar-refractivity contribution in [3.05, 3.63) is 71.4 Å². The highest BCUT2D eigenvalue weighted by Crippen LogP contribution is 2.20. The minimum atomic E-state index is -4.52. The lowest BCUT2D eigenvalue weighted by Crippen LogP contribution is -2.19. The Labute approximate surface area is 156 Å². The summed E-state index contributed by atoms with van der Waals surface area (Å²) in [5.74, 6) is 1.53. The number of hydrogen-bond acceptors (Lipinski definition) is 4. The van der Waals surface area contributed by atoms with E-state index in [-0.39, 0.29) is 0 Å². The van der Waals surface area contributed by atoms with Gasteiger partial charge >= 0.3 is 6.18 Å². The molecule has 0 aliphatic rings. The van der Waals surface area contributed by atoms with E-state index in [1.807, 2.05) is 48.5 Å². The molecule has 7 heteroatoms. The lowest BCUT2D eigenvalue weighted by atomic mass is 10.1. The Kier molecular flexibility index (Phi) is 7.28. The van der Waals surface area contributed by atoms with Crippen molar-refractivity contribution in [3.8, 4) is 11.5 Å². The van der Waals surface area contributed by atoms with Gasteiger partial charge in [-0.1, -0.05) is 24.3 Å². The van der Waals surface area contributed by atoms with Crippen LogP contribution in [0.2, 0.25) is 0 Å². The summed E-state index contributed by atoms with van der Waals surface area (Å²) in [6.45, 7) is 0.814. The summed E-state index contributed by atoms with van der Waals surface area (Å²) in [6, 6.07) is 15.1. The first kappa shape index (κ1) is 20.4. The van der Waals surface area contributed by atoms with Gasteiger partial charge in [-0.15, -0.1) is 0 Å². The molecule has 2 aromatic rings. The van der Waals surface area contributed by atoms with Gasteiger partial charge in [0.15, 0.2) is 0 Å². The van der Waals surface area contributed by atoms with Crippen molar-refractivity contribution in [2.75, 3.05) is 13.7 Å². The van der Waals surface area contributed by atoms with Crippen LogP contribution in [0.15, 0.2) is 65.3 Å². The molecule has 144 valence electrons. The number of nitrogens with two attached hydrogens (primary N) is 1. The Balaban J connectivity index is 1.77. The minimum Gasteiger partial charge on any atom is -0.497 e. The van der Waals surface area contributed by atoms with Crippen LogP contribution in [0.3, 0.4) is 0 Å². The third-order valence-corrected chi connectivity index (χ3v) is 3.70. The monoisotopic (exact) mass is 378 g/mol. The average Bonchev–Trinajstić information content (AvgIpc) is 2.66. The molecule has 2 N–H and O–H groups in total. The van der Waals surface area contributed by atoms with Crippen LogP contribution < -0.4 is 15.2 Å². The van der Waals surface area contributed by atoms with E-state index in [4.69, 9.17) is 15.2 Å². The fourth-order valence-electron chi connectivity index (χ4n) is 2.14. The van der Waals surface area contributed by atoms with Gasteiger partial charge in [0.25, 0.3) is 0 Å². The number of allylic oxidation sites excluding steroid dienone is 2. The minimum absolute atomic E-state index is 0.369. The molecule has 0 fully saturated rings. The maximum Gasteiger partial charge on any atom is 0.430 e. The van der Waals surface area contributed by atoms with Gasteiger partial charge in [0, 0.05) is 12.8 Å². The van der Waals surface area contributed by atoms with Crippen LogP contribution in [0, 0.1) is 0 Å². The zero-order chi connectivity index (χ0) is 19.7. The highest BCUT2D eigenvalue weighted by molar-refractivity contribution is 5.72. The van der Waals surface area contributed by atoms with Crippen molar-refractivity contribution in [2.24, 2.45) is 10.7 Å². The van der Waals surface area contributed by atoms with Gasteiger partial charge in [-0.05, 0) is 47.9 Å². The Morgan fingerprint density at radius 2 is 1.59 bits per heavy atom. The van der Waals surface area contributed by atoms with Crippen LogP contribution in [0.4, 0.5) is 13.2 Å². The molecule has 2 rings (SSSR count). The normalized spacial score (nSPS) is 12.4. The fourth-order valence-corrected chi connectivity index (χ4v) is 2.14. The molecule has 0 radical (unpaired) electrons. The van der Waals surface area contributed by atoms with E-state index in [1.54, 1.807) is 7.11 Å². The van der Waals surface area contributed by atoms with Gasteiger partial charge in [-0.3, -0.25) is 4.99 Å². The first-order chi connectivity index (χ1) is 12.9. The lowest BCUT2D eigenvalue weighted by molar-refractivity contribution is -0.0925. The molecule has 4 nitrogen and oxygen atoms in total. The highest BCUT2D eigenvalue weighted by atomic mass is 19.4. The number of nitrogens with zero attached hydrogens (tertiary/aromatic N) is 1. The van der Waals surface area contributed by atoms with Crippen LogP contribution >= 0.6 is 0 Å². The van der Waals surface area contributed by atoms with Gasteiger partial charge in [0.1, 0.15) is 23.8 Å². The molecule has 0 saturated heterocycles. The zero-order valence-electron chi connectivity index (χ0n) is 14.9.